The summed E-state index contributed by atoms with van der Waals surface area (Å²) in [5, 5.41) is 0. The molecule has 0 atom stereocenters. The normalized spacial score (nSPS) is 23.8. The van der Waals surface area contributed by atoms with Gasteiger partial charge in [0.1, 0.15) is 15.9 Å². The van der Waals surface area contributed by atoms with Crippen molar-refractivity contribution in [1.29, 1.82) is 0 Å². The van der Waals surface area contributed by atoms with Gasteiger partial charge in [-0.1, -0.05) is 6.07 Å². The summed E-state index contributed by atoms with van der Waals surface area (Å²) in [7, 11) is -3.62. The average molecular weight is 409 g/mol. The highest BCUT2D eigenvalue weighted by atomic mass is 32.2. The Morgan fingerprint density at radius 1 is 1.15 bits per heavy atom. The molecule has 0 unspecified atom stereocenters. The highest BCUT2D eigenvalue weighted by molar-refractivity contribution is 7.89. The van der Waals surface area contributed by atoms with E-state index in [0.29, 0.717) is 23.5 Å². The molecule has 1 saturated heterocycles. The van der Waals surface area contributed by atoms with E-state index in [1.54, 1.807) is 18.2 Å². The molecular weight excluding hydrogens is 384 g/mol. The van der Waals surface area contributed by atoms with E-state index < -0.39 is 10.0 Å². The van der Waals surface area contributed by atoms with Crippen molar-refractivity contribution >= 4 is 38.7 Å². The van der Waals surface area contributed by atoms with Crippen LogP contribution in [-0.2, 0) is 14.8 Å². The van der Waals surface area contributed by atoms with E-state index in [-0.39, 0.29) is 16.7 Å². The van der Waals surface area contributed by atoms with Gasteiger partial charge in [-0.25, -0.2) is 13.1 Å². The van der Waals surface area contributed by atoms with Gasteiger partial charge in [0.2, 0.25) is 15.9 Å². The Labute approximate surface area is 163 Å². The summed E-state index contributed by atoms with van der Waals surface area (Å²) in [5.41, 5.74) is 1.03. The Morgan fingerprint density at radius 2 is 1.89 bits per heavy atom. The van der Waals surface area contributed by atoms with E-state index in [4.69, 9.17) is 0 Å². The fourth-order valence-corrected chi connectivity index (χ4v) is 5.99. The zero-order valence-corrected chi connectivity index (χ0v) is 16.8. The number of likely N-dealkylation sites (tertiary alicyclic amines) is 1. The van der Waals surface area contributed by atoms with Gasteiger partial charge in [0.15, 0.2) is 0 Å². The Bertz CT molecular complexity index is 914. The molecule has 0 spiro atoms. The molecule has 2 aromatic rings. The zero-order chi connectivity index (χ0) is 18.9. The molecule has 1 aliphatic carbocycles. The molecule has 1 amide bonds. The second-order valence-corrected chi connectivity index (χ2v) is 9.75. The monoisotopic (exact) mass is 408 g/mol. The molecule has 1 aliphatic heterocycles. The Morgan fingerprint density at radius 3 is 2.63 bits per heavy atom. The molecule has 27 heavy (non-hydrogen) atoms. The number of hydrogen-bond acceptors (Lipinski definition) is 6. The second-order valence-electron chi connectivity index (χ2n) is 7.49. The molecule has 0 radical (unpaired) electrons. The van der Waals surface area contributed by atoms with Crippen LogP contribution in [0.4, 0.5) is 0 Å². The molecule has 146 valence electrons. The predicted molar refractivity (Wildman–Crippen MR) is 104 cm³/mol. The Kier molecular flexibility index (Phi) is 5.43. The molecule has 4 rings (SSSR count). The summed E-state index contributed by atoms with van der Waals surface area (Å²) < 4.78 is 36.4. The third-order valence-corrected chi connectivity index (χ3v) is 7.71. The lowest BCUT2D eigenvalue weighted by atomic mass is 9.81. The van der Waals surface area contributed by atoms with Gasteiger partial charge in [-0.05, 0) is 56.6 Å². The van der Waals surface area contributed by atoms with Gasteiger partial charge < -0.3 is 4.90 Å². The van der Waals surface area contributed by atoms with Gasteiger partial charge in [0, 0.05) is 25.6 Å². The average Bonchev–Trinajstić information content (AvgIpc) is 3.37. The van der Waals surface area contributed by atoms with Gasteiger partial charge >= 0.3 is 0 Å². The van der Waals surface area contributed by atoms with Crippen molar-refractivity contribution in [3.8, 4) is 0 Å². The standard InChI is InChI=1S/C18H24N4O3S2/c23-18(22-10-1-2-11-22)14-8-6-13(7-9-14)12-19-27(24,25)16-5-3-4-15-17(16)21-26-20-15/h3-5,13-14,19H,1-2,6-12H2. The van der Waals surface area contributed by atoms with E-state index >= 15 is 0 Å². The van der Waals surface area contributed by atoms with Crippen molar-refractivity contribution in [2.75, 3.05) is 19.6 Å². The van der Waals surface area contributed by atoms with Crippen molar-refractivity contribution in [2.24, 2.45) is 11.8 Å². The van der Waals surface area contributed by atoms with Crippen molar-refractivity contribution in [3.05, 3.63) is 18.2 Å². The first-order chi connectivity index (χ1) is 13.0. The summed E-state index contributed by atoms with van der Waals surface area (Å²) in [6, 6.07) is 5.02. The fraction of sp³-hybridized carbons (Fsp3) is 0.611. The van der Waals surface area contributed by atoms with Crippen molar-refractivity contribution < 1.29 is 13.2 Å². The zero-order valence-electron chi connectivity index (χ0n) is 15.1. The molecule has 2 aliphatic rings. The number of rotatable bonds is 5. The highest BCUT2D eigenvalue weighted by Crippen LogP contribution is 2.31. The first-order valence-electron chi connectivity index (χ1n) is 9.54. The van der Waals surface area contributed by atoms with Crippen LogP contribution in [0.3, 0.4) is 0 Å². The summed E-state index contributed by atoms with van der Waals surface area (Å²) in [6.45, 7) is 2.20. The van der Waals surface area contributed by atoms with Crippen LogP contribution in [0.25, 0.3) is 11.0 Å². The lowest BCUT2D eigenvalue weighted by Gasteiger charge is -2.30. The molecule has 1 saturated carbocycles. The largest absolute Gasteiger partial charge is 0.342 e. The lowest BCUT2D eigenvalue weighted by molar-refractivity contribution is -0.135. The number of amides is 1. The van der Waals surface area contributed by atoms with Crippen LogP contribution < -0.4 is 4.72 Å². The van der Waals surface area contributed by atoms with E-state index in [2.05, 4.69) is 13.5 Å². The van der Waals surface area contributed by atoms with Crippen LogP contribution in [0.15, 0.2) is 23.1 Å². The third kappa shape index (κ3) is 4.00. The molecule has 7 nitrogen and oxygen atoms in total. The maximum atomic E-state index is 12.7. The quantitative estimate of drug-likeness (QED) is 0.820. The third-order valence-electron chi connectivity index (χ3n) is 5.71. The van der Waals surface area contributed by atoms with Gasteiger partial charge in [0.05, 0.1) is 11.7 Å². The molecule has 1 aromatic carbocycles. The molecule has 0 bridgehead atoms. The van der Waals surface area contributed by atoms with Crippen LogP contribution >= 0.6 is 11.7 Å². The van der Waals surface area contributed by atoms with Gasteiger partial charge in [-0.2, -0.15) is 8.75 Å². The number of aromatic nitrogens is 2. The minimum absolute atomic E-state index is 0.116. The first kappa shape index (κ1) is 18.8. The molecule has 1 N–H and O–H groups in total. The van der Waals surface area contributed by atoms with E-state index in [1.807, 2.05) is 4.90 Å². The molecule has 2 fully saturated rings. The Balaban J connectivity index is 1.33. The first-order valence-corrected chi connectivity index (χ1v) is 11.8. The van der Waals surface area contributed by atoms with Crippen molar-refractivity contribution in [3.63, 3.8) is 0 Å². The summed E-state index contributed by atoms with van der Waals surface area (Å²) >= 11 is 1.01. The minimum atomic E-state index is -3.62. The highest BCUT2D eigenvalue weighted by Gasteiger charge is 2.31. The van der Waals surface area contributed by atoms with E-state index in [0.717, 1.165) is 63.3 Å². The van der Waals surface area contributed by atoms with Crippen LogP contribution in [0.1, 0.15) is 38.5 Å². The topological polar surface area (TPSA) is 92.3 Å². The summed E-state index contributed by atoms with van der Waals surface area (Å²) in [6.07, 6.45) is 5.71. The summed E-state index contributed by atoms with van der Waals surface area (Å²) in [5.74, 6) is 0.690. The van der Waals surface area contributed by atoms with Crippen LogP contribution in [-0.4, -0.2) is 47.6 Å². The maximum Gasteiger partial charge on any atom is 0.242 e. The lowest BCUT2D eigenvalue weighted by Crippen LogP contribution is -2.37. The van der Waals surface area contributed by atoms with Crippen molar-refractivity contribution in [1.82, 2.24) is 18.4 Å². The molecular formula is C18H24N4O3S2. The second kappa shape index (κ2) is 7.81. The number of benzene rings is 1. The number of nitrogens with one attached hydrogen (secondary N) is 1. The number of nitrogens with zero attached hydrogens (tertiary/aromatic N) is 3. The smallest absolute Gasteiger partial charge is 0.242 e. The Hall–Kier alpha value is -1.58. The van der Waals surface area contributed by atoms with E-state index in [1.165, 1.54) is 0 Å². The SMILES string of the molecule is O=C(C1CCC(CNS(=O)(=O)c2cccc3nsnc23)CC1)N1CCCC1. The van der Waals surface area contributed by atoms with Gasteiger partial charge in [-0.15, -0.1) is 0 Å². The predicted octanol–water partition coefficient (Wildman–Crippen LogP) is 2.40. The number of hydrogen-bond donors (Lipinski definition) is 1. The number of carbonyl (C=O) groups is 1. The number of fused-ring (bicyclic) bond motifs is 1. The number of carbonyl (C=O) groups excluding carboxylic acids is 1. The van der Waals surface area contributed by atoms with E-state index in [9.17, 15) is 13.2 Å². The van der Waals surface area contributed by atoms with Gasteiger partial charge in [0.25, 0.3) is 0 Å². The maximum absolute atomic E-state index is 12.7. The van der Waals surface area contributed by atoms with Crippen LogP contribution in [0.2, 0.25) is 0 Å². The summed E-state index contributed by atoms with van der Waals surface area (Å²) in [4.78, 5) is 14.7. The van der Waals surface area contributed by atoms with Crippen molar-refractivity contribution in [2.45, 2.75) is 43.4 Å². The van der Waals surface area contributed by atoms with Crippen LogP contribution in [0, 0.1) is 11.8 Å². The van der Waals surface area contributed by atoms with Crippen LogP contribution in [0.5, 0.6) is 0 Å². The van der Waals surface area contributed by atoms with Gasteiger partial charge in [-0.3, -0.25) is 4.79 Å². The molecule has 2 heterocycles. The number of sulfonamides is 1. The minimum Gasteiger partial charge on any atom is -0.342 e. The fourth-order valence-electron chi connectivity index (χ4n) is 4.11. The molecule has 1 aromatic heterocycles. The molecule has 9 heteroatoms.